The van der Waals surface area contributed by atoms with Crippen molar-refractivity contribution in [3.63, 3.8) is 0 Å². The Balaban J connectivity index is 1.72. The van der Waals surface area contributed by atoms with Gasteiger partial charge in [-0.3, -0.25) is 9.52 Å². The monoisotopic (exact) mass is 450 g/mol. The summed E-state index contributed by atoms with van der Waals surface area (Å²) in [5.74, 6) is -0.284. The molecule has 0 aromatic heterocycles. The lowest BCUT2D eigenvalue weighted by molar-refractivity contribution is 0.0938. The number of hydrogen-bond acceptors (Lipinski definition) is 3. The highest BCUT2D eigenvalue weighted by molar-refractivity contribution is 7.92. The van der Waals surface area contributed by atoms with Gasteiger partial charge < -0.3 is 5.32 Å². The molecular weight excluding hydrogens is 420 g/mol. The van der Waals surface area contributed by atoms with Gasteiger partial charge in [-0.25, -0.2) is 8.42 Å². The number of carbonyl (C=O) groups excluding carboxylic acids is 1. The van der Waals surface area contributed by atoms with Gasteiger partial charge in [-0.1, -0.05) is 42.5 Å². The van der Waals surface area contributed by atoms with Gasteiger partial charge in [-0.05, 0) is 87.1 Å². The summed E-state index contributed by atoms with van der Waals surface area (Å²) < 4.78 is 28.7. The van der Waals surface area contributed by atoms with Gasteiger partial charge in [-0.2, -0.15) is 0 Å². The third-order valence-electron chi connectivity index (χ3n) is 5.59. The summed E-state index contributed by atoms with van der Waals surface area (Å²) in [5, 5.41) is 2.97. The molecule has 0 heterocycles. The lowest BCUT2D eigenvalue weighted by atomic mass is 10.1. The first-order valence-corrected chi connectivity index (χ1v) is 12.2. The first kappa shape index (κ1) is 23.5. The van der Waals surface area contributed by atoms with Crippen molar-refractivity contribution in [2.24, 2.45) is 0 Å². The van der Waals surface area contributed by atoms with Crippen molar-refractivity contribution in [1.82, 2.24) is 5.32 Å². The van der Waals surface area contributed by atoms with Crippen LogP contribution in [0.2, 0.25) is 0 Å². The summed E-state index contributed by atoms with van der Waals surface area (Å²) >= 11 is 0. The Hall–Kier alpha value is -3.12. The molecule has 0 unspecified atom stereocenters. The van der Waals surface area contributed by atoms with E-state index in [0.29, 0.717) is 16.8 Å². The second-order valence-electron chi connectivity index (χ2n) is 8.28. The van der Waals surface area contributed by atoms with Crippen LogP contribution in [0.5, 0.6) is 0 Å². The minimum Gasteiger partial charge on any atom is -0.350 e. The second kappa shape index (κ2) is 10.0. The summed E-state index contributed by atoms with van der Waals surface area (Å²) in [5.41, 5.74) is 4.70. The quantitative estimate of drug-likeness (QED) is 0.497. The number of benzene rings is 3. The van der Waals surface area contributed by atoms with Crippen molar-refractivity contribution < 1.29 is 13.2 Å². The molecule has 3 rings (SSSR count). The summed E-state index contributed by atoms with van der Waals surface area (Å²) in [4.78, 5) is 12.9. The Morgan fingerprint density at radius 2 is 1.56 bits per heavy atom. The molecule has 32 heavy (non-hydrogen) atoms. The molecule has 0 saturated carbocycles. The van der Waals surface area contributed by atoms with Crippen LogP contribution in [0.1, 0.15) is 46.0 Å². The van der Waals surface area contributed by atoms with Gasteiger partial charge in [-0.15, -0.1) is 0 Å². The van der Waals surface area contributed by atoms with Crippen LogP contribution < -0.4 is 10.0 Å². The molecule has 0 aliphatic heterocycles. The van der Waals surface area contributed by atoms with Crippen LogP contribution in [-0.4, -0.2) is 20.4 Å². The average molecular weight is 451 g/mol. The molecule has 1 amide bonds. The van der Waals surface area contributed by atoms with Crippen molar-refractivity contribution in [3.8, 4) is 0 Å². The zero-order valence-electron chi connectivity index (χ0n) is 19.0. The van der Waals surface area contributed by atoms with Crippen molar-refractivity contribution in [1.29, 1.82) is 0 Å². The Kier molecular flexibility index (Phi) is 7.36. The minimum atomic E-state index is -3.83. The molecule has 2 N–H and O–H groups in total. The molecule has 0 bridgehead atoms. The zero-order valence-corrected chi connectivity index (χ0v) is 19.8. The summed E-state index contributed by atoms with van der Waals surface area (Å²) in [6, 6.07) is 20.2. The zero-order chi connectivity index (χ0) is 23.3. The molecule has 0 spiro atoms. The van der Waals surface area contributed by atoms with E-state index in [2.05, 4.69) is 22.2 Å². The fourth-order valence-corrected chi connectivity index (χ4v) is 4.77. The van der Waals surface area contributed by atoms with Gasteiger partial charge in [0.1, 0.15) is 0 Å². The molecule has 0 radical (unpaired) electrons. The summed E-state index contributed by atoms with van der Waals surface area (Å²) in [6.45, 7) is 7.58. The Morgan fingerprint density at radius 1 is 0.875 bits per heavy atom. The van der Waals surface area contributed by atoms with Crippen LogP contribution >= 0.6 is 0 Å². The van der Waals surface area contributed by atoms with Gasteiger partial charge in [0.2, 0.25) is 0 Å². The first-order chi connectivity index (χ1) is 15.2. The standard InChI is InChI=1S/C26H30N2O3S/c1-18-11-15-24(16-20(18)3)28-32(30,31)25-17-23(14-10-19(25)2)26(29)27-21(4)12-13-22-8-6-5-7-9-22/h5-11,14-17,21,28H,12-13H2,1-4H3,(H,27,29)/t21-/m0/s1. The lowest BCUT2D eigenvalue weighted by Crippen LogP contribution is -2.33. The molecule has 3 aromatic rings. The SMILES string of the molecule is Cc1ccc(NS(=O)(=O)c2cc(C(=O)N[C@@H](C)CCc3ccccc3)ccc2C)cc1C. The molecule has 168 valence electrons. The Morgan fingerprint density at radius 3 is 2.25 bits per heavy atom. The number of rotatable bonds is 8. The normalized spacial score (nSPS) is 12.2. The predicted octanol–water partition coefficient (Wildman–Crippen LogP) is 5.16. The minimum absolute atomic E-state index is 0.0438. The summed E-state index contributed by atoms with van der Waals surface area (Å²) in [7, 11) is -3.83. The van der Waals surface area contributed by atoms with E-state index < -0.39 is 10.0 Å². The number of aryl methyl sites for hydroxylation is 4. The maximum absolute atomic E-state index is 13.0. The number of sulfonamides is 1. The van der Waals surface area contributed by atoms with E-state index >= 15 is 0 Å². The van der Waals surface area contributed by atoms with E-state index in [9.17, 15) is 13.2 Å². The largest absolute Gasteiger partial charge is 0.350 e. The first-order valence-electron chi connectivity index (χ1n) is 10.7. The maximum Gasteiger partial charge on any atom is 0.262 e. The Labute approximate surface area is 190 Å². The topological polar surface area (TPSA) is 75.3 Å². The fraction of sp³-hybridized carbons (Fsp3) is 0.269. The third-order valence-corrected chi connectivity index (χ3v) is 7.11. The molecular formula is C26H30N2O3S. The average Bonchev–Trinajstić information content (AvgIpc) is 2.75. The van der Waals surface area contributed by atoms with E-state index in [1.54, 1.807) is 31.2 Å². The van der Waals surface area contributed by atoms with E-state index in [1.807, 2.05) is 45.0 Å². The van der Waals surface area contributed by atoms with Gasteiger partial charge >= 0.3 is 0 Å². The molecule has 0 aliphatic carbocycles. The number of nitrogens with one attached hydrogen (secondary N) is 2. The van der Waals surface area contributed by atoms with Crippen LogP contribution in [-0.2, 0) is 16.4 Å². The molecule has 0 aliphatic rings. The number of hydrogen-bond donors (Lipinski definition) is 2. The number of amides is 1. The molecule has 0 saturated heterocycles. The third kappa shape index (κ3) is 5.98. The maximum atomic E-state index is 13.0. The summed E-state index contributed by atoms with van der Waals surface area (Å²) in [6.07, 6.45) is 1.65. The fourth-order valence-electron chi connectivity index (χ4n) is 3.45. The van der Waals surface area contributed by atoms with Crippen LogP contribution in [0.3, 0.4) is 0 Å². The lowest BCUT2D eigenvalue weighted by Gasteiger charge is -2.16. The van der Waals surface area contributed by atoms with Crippen molar-refractivity contribution >= 4 is 21.6 Å². The van der Waals surface area contributed by atoms with Crippen molar-refractivity contribution in [2.45, 2.75) is 51.5 Å². The smallest absolute Gasteiger partial charge is 0.262 e. The van der Waals surface area contributed by atoms with Crippen LogP contribution in [0, 0.1) is 20.8 Å². The van der Waals surface area contributed by atoms with Crippen LogP contribution in [0.15, 0.2) is 71.6 Å². The van der Waals surface area contributed by atoms with Crippen molar-refractivity contribution in [2.75, 3.05) is 4.72 Å². The van der Waals surface area contributed by atoms with E-state index in [0.717, 1.165) is 24.0 Å². The van der Waals surface area contributed by atoms with Gasteiger partial charge in [0.15, 0.2) is 0 Å². The van der Waals surface area contributed by atoms with Crippen molar-refractivity contribution in [3.05, 3.63) is 94.5 Å². The molecule has 0 fully saturated rings. The Bertz CT molecular complexity index is 1200. The van der Waals surface area contributed by atoms with Gasteiger partial charge in [0.25, 0.3) is 15.9 Å². The molecule has 5 nitrogen and oxygen atoms in total. The molecule has 1 atom stereocenters. The number of anilines is 1. The second-order valence-corrected chi connectivity index (χ2v) is 9.93. The van der Waals surface area contributed by atoms with Gasteiger partial charge in [0.05, 0.1) is 4.90 Å². The van der Waals surface area contributed by atoms with Crippen LogP contribution in [0.4, 0.5) is 5.69 Å². The van der Waals surface area contributed by atoms with Crippen LogP contribution in [0.25, 0.3) is 0 Å². The van der Waals surface area contributed by atoms with E-state index in [-0.39, 0.29) is 16.8 Å². The van der Waals surface area contributed by atoms with E-state index in [1.165, 1.54) is 11.6 Å². The number of carbonyl (C=O) groups is 1. The molecule has 3 aromatic carbocycles. The molecule has 6 heteroatoms. The van der Waals surface area contributed by atoms with E-state index in [4.69, 9.17) is 0 Å². The highest BCUT2D eigenvalue weighted by Crippen LogP contribution is 2.22. The predicted molar refractivity (Wildman–Crippen MR) is 130 cm³/mol. The highest BCUT2D eigenvalue weighted by Gasteiger charge is 2.20. The highest BCUT2D eigenvalue weighted by atomic mass is 32.2. The van der Waals surface area contributed by atoms with Gasteiger partial charge in [0, 0.05) is 17.3 Å².